The molecule has 0 N–H and O–H groups in total. The third-order valence-corrected chi connectivity index (χ3v) is 2.20. The largest absolute Gasteiger partial charge is 0.497 e. The van der Waals surface area contributed by atoms with E-state index in [0.29, 0.717) is 11.3 Å². The summed E-state index contributed by atoms with van der Waals surface area (Å²) < 4.78 is 10.0. The molecule has 1 aromatic rings. The van der Waals surface area contributed by atoms with Gasteiger partial charge < -0.3 is 14.3 Å². The molecule has 0 heterocycles. The van der Waals surface area contributed by atoms with Crippen molar-refractivity contribution in [2.45, 2.75) is 26.4 Å². The summed E-state index contributed by atoms with van der Waals surface area (Å²) in [4.78, 5) is 28.3. The van der Waals surface area contributed by atoms with Crippen LogP contribution in [0.3, 0.4) is 0 Å². The van der Waals surface area contributed by atoms with Crippen molar-refractivity contribution in [3.63, 3.8) is 0 Å². The quantitative estimate of drug-likeness (QED) is 0.780. The van der Waals surface area contributed by atoms with Crippen LogP contribution in [0.5, 0.6) is 5.75 Å². The molecule has 1 amide bonds. The van der Waals surface area contributed by atoms with E-state index in [0.717, 1.165) is 5.06 Å². The van der Waals surface area contributed by atoms with Crippen molar-refractivity contribution in [3.05, 3.63) is 29.8 Å². The topological polar surface area (TPSA) is 65.1 Å². The molecule has 0 saturated carbocycles. The number of hydroxylamine groups is 2. The van der Waals surface area contributed by atoms with E-state index in [1.165, 1.54) is 14.2 Å². The molecule has 0 atom stereocenters. The molecule has 0 aromatic heterocycles. The molecule has 0 bridgehead atoms. The van der Waals surface area contributed by atoms with Crippen LogP contribution in [0.25, 0.3) is 0 Å². The Morgan fingerprint density at radius 1 is 1.10 bits per heavy atom. The van der Waals surface area contributed by atoms with E-state index >= 15 is 0 Å². The Balaban J connectivity index is 2.62. The molecule has 6 heteroatoms. The van der Waals surface area contributed by atoms with Crippen LogP contribution in [0.2, 0.25) is 0 Å². The molecule has 0 aliphatic heterocycles. The molecule has 0 fully saturated rings. The SMILES string of the molecule is COc1ccc(C(=O)ON(C)C(=O)OC(C)(C)C)cc1. The Hall–Kier alpha value is -2.24. The first-order valence-corrected chi connectivity index (χ1v) is 6.06. The number of carbonyl (C=O) groups excluding carboxylic acids is 2. The molecule has 0 unspecified atom stereocenters. The monoisotopic (exact) mass is 281 g/mol. The van der Waals surface area contributed by atoms with E-state index in [1.807, 2.05) is 0 Å². The molecular weight excluding hydrogens is 262 g/mol. The maximum Gasteiger partial charge on any atom is 0.443 e. The Kier molecular flexibility index (Phi) is 4.96. The van der Waals surface area contributed by atoms with Crippen LogP contribution >= 0.6 is 0 Å². The van der Waals surface area contributed by atoms with Gasteiger partial charge in [-0.1, -0.05) is 0 Å². The van der Waals surface area contributed by atoms with Crippen molar-refractivity contribution >= 4 is 12.1 Å². The average molecular weight is 281 g/mol. The Labute approximate surface area is 118 Å². The number of nitrogens with zero attached hydrogens (tertiary/aromatic N) is 1. The van der Waals surface area contributed by atoms with E-state index in [2.05, 4.69) is 0 Å². The van der Waals surface area contributed by atoms with Crippen LogP contribution in [-0.2, 0) is 9.57 Å². The van der Waals surface area contributed by atoms with Gasteiger partial charge in [0.05, 0.1) is 19.7 Å². The number of rotatable bonds is 2. The van der Waals surface area contributed by atoms with E-state index in [-0.39, 0.29) is 0 Å². The highest BCUT2D eigenvalue weighted by Crippen LogP contribution is 2.13. The van der Waals surface area contributed by atoms with Gasteiger partial charge in [-0.15, -0.1) is 5.06 Å². The smallest absolute Gasteiger partial charge is 0.443 e. The first-order chi connectivity index (χ1) is 9.23. The first-order valence-electron chi connectivity index (χ1n) is 6.06. The molecule has 0 saturated heterocycles. The Bertz CT molecular complexity index is 475. The van der Waals surface area contributed by atoms with Crippen molar-refractivity contribution in [1.82, 2.24) is 5.06 Å². The average Bonchev–Trinajstić information content (AvgIpc) is 2.36. The predicted octanol–water partition coefficient (Wildman–Crippen LogP) is 2.63. The van der Waals surface area contributed by atoms with Crippen LogP contribution in [-0.4, -0.2) is 36.9 Å². The Morgan fingerprint density at radius 3 is 2.10 bits per heavy atom. The lowest BCUT2D eigenvalue weighted by Crippen LogP contribution is -2.35. The van der Waals surface area contributed by atoms with Crippen LogP contribution in [0.15, 0.2) is 24.3 Å². The van der Waals surface area contributed by atoms with Crippen LogP contribution in [0, 0.1) is 0 Å². The van der Waals surface area contributed by atoms with Gasteiger partial charge >= 0.3 is 12.1 Å². The molecular formula is C14H19NO5. The summed E-state index contributed by atoms with van der Waals surface area (Å²) in [5.41, 5.74) is -0.348. The fraction of sp³-hybridized carbons (Fsp3) is 0.429. The second-order valence-electron chi connectivity index (χ2n) is 5.09. The summed E-state index contributed by atoms with van der Waals surface area (Å²) in [6, 6.07) is 6.35. The molecule has 1 aromatic carbocycles. The zero-order valence-corrected chi connectivity index (χ0v) is 12.3. The van der Waals surface area contributed by atoms with Gasteiger partial charge in [-0.25, -0.2) is 9.59 Å². The first kappa shape index (κ1) is 15.8. The van der Waals surface area contributed by atoms with Crippen molar-refractivity contribution < 1.29 is 23.9 Å². The summed E-state index contributed by atoms with van der Waals surface area (Å²) in [5, 5.41) is 0.762. The number of benzene rings is 1. The van der Waals surface area contributed by atoms with Crippen LogP contribution in [0.4, 0.5) is 4.79 Å². The number of methoxy groups -OCH3 is 1. The molecule has 6 nitrogen and oxygen atoms in total. The van der Waals surface area contributed by atoms with Gasteiger partial charge in [0.2, 0.25) is 0 Å². The van der Waals surface area contributed by atoms with E-state index in [9.17, 15) is 9.59 Å². The van der Waals surface area contributed by atoms with Crippen molar-refractivity contribution in [1.29, 1.82) is 0 Å². The third-order valence-electron chi connectivity index (χ3n) is 2.20. The highest BCUT2D eigenvalue weighted by Gasteiger charge is 2.22. The number of ether oxygens (including phenoxy) is 2. The van der Waals surface area contributed by atoms with Crippen LogP contribution in [0.1, 0.15) is 31.1 Å². The zero-order valence-electron chi connectivity index (χ0n) is 12.3. The molecule has 1 rings (SSSR count). The van der Waals surface area contributed by atoms with Crippen LogP contribution < -0.4 is 4.74 Å². The number of hydrogen-bond acceptors (Lipinski definition) is 5. The van der Waals surface area contributed by atoms with Gasteiger partial charge in [-0.3, -0.25) is 0 Å². The molecule has 0 spiro atoms. The van der Waals surface area contributed by atoms with Gasteiger partial charge in [0.25, 0.3) is 0 Å². The summed E-state index contributed by atoms with van der Waals surface area (Å²) in [7, 11) is 2.85. The lowest BCUT2D eigenvalue weighted by Gasteiger charge is -2.23. The summed E-state index contributed by atoms with van der Waals surface area (Å²) in [6.07, 6.45) is -0.737. The summed E-state index contributed by atoms with van der Waals surface area (Å²) in [5.74, 6) is -0.0249. The maximum atomic E-state index is 11.8. The fourth-order valence-electron chi connectivity index (χ4n) is 1.27. The maximum absolute atomic E-state index is 11.8. The number of hydrogen-bond donors (Lipinski definition) is 0. The highest BCUT2D eigenvalue weighted by molar-refractivity contribution is 5.90. The van der Waals surface area contributed by atoms with Gasteiger partial charge in [-0.05, 0) is 45.0 Å². The minimum absolute atomic E-state index is 0.307. The minimum Gasteiger partial charge on any atom is -0.497 e. The normalized spacial score (nSPS) is 10.7. The molecule has 0 aliphatic rings. The standard InChI is InChI=1S/C14H19NO5/c1-14(2,3)19-13(17)15(4)20-12(16)10-6-8-11(18-5)9-7-10/h6-9H,1-5H3. The van der Waals surface area contributed by atoms with Crippen molar-refractivity contribution in [2.24, 2.45) is 0 Å². The third kappa shape index (κ3) is 4.79. The fourth-order valence-corrected chi connectivity index (χ4v) is 1.27. The van der Waals surface area contributed by atoms with Gasteiger partial charge in [0.15, 0.2) is 0 Å². The lowest BCUT2D eigenvalue weighted by molar-refractivity contribution is -0.0931. The van der Waals surface area contributed by atoms with E-state index in [1.54, 1.807) is 45.0 Å². The van der Waals surface area contributed by atoms with Gasteiger partial charge in [-0.2, -0.15) is 0 Å². The molecule has 110 valence electrons. The zero-order chi connectivity index (χ0) is 15.3. The summed E-state index contributed by atoms with van der Waals surface area (Å²) in [6.45, 7) is 5.18. The molecule has 0 aliphatic carbocycles. The molecule has 0 radical (unpaired) electrons. The number of amides is 1. The van der Waals surface area contributed by atoms with E-state index < -0.39 is 17.7 Å². The predicted molar refractivity (Wildman–Crippen MR) is 72.4 cm³/mol. The van der Waals surface area contributed by atoms with Gasteiger partial charge in [0.1, 0.15) is 11.4 Å². The van der Waals surface area contributed by atoms with Crippen molar-refractivity contribution in [2.75, 3.05) is 14.2 Å². The second kappa shape index (κ2) is 6.27. The van der Waals surface area contributed by atoms with Crippen molar-refractivity contribution in [3.8, 4) is 5.75 Å². The Morgan fingerprint density at radius 2 is 1.65 bits per heavy atom. The summed E-state index contributed by atoms with van der Waals surface area (Å²) >= 11 is 0. The second-order valence-corrected chi connectivity index (χ2v) is 5.09. The minimum atomic E-state index is -0.737. The highest BCUT2D eigenvalue weighted by atomic mass is 16.8. The van der Waals surface area contributed by atoms with E-state index in [4.69, 9.17) is 14.3 Å². The lowest BCUT2D eigenvalue weighted by atomic mass is 10.2. The molecule has 20 heavy (non-hydrogen) atoms. The van der Waals surface area contributed by atoms with Gasteiger partial charge in [0, 0.05) is 0 Å². The number of carbonyl (C=O) groups is 2.